The maximum absolute atomic E-state index is 9.99. The SMILES string of the molecule is O=[N+]([O-])OCc1ccc(C2OCCO2)cc1. The summed E-state index contributed by atoms with van der Waals surface area (Å²) in [6.07, 6.45) is -0.314. The van der Waals surface area contributed by atoms with Crippen LogP contribution in [0.3, 0.4) is 0 Å². The molecule has 1 aromatic rings. The molecule has 0 atom stereocenters. The van der Waals surface area contributed by atoms with Crippen LogP contribution in [-0.4, -0.2) is 18.3 Å². The average Bonchev–Trinajstić information content (AvgIpc) is 2.80. The van der Waals surface area contributed by atoms with E-state index in [2.05, 4.69) is 4.84 Å². The van der Waals surface area contributed by atoms with Gasteiger partial charge in [-0.2, -0.15) is 0 Å². The van der Waals surface area contributed by atoms with E-state index in [-0.39, 0.29) is 12.9 Å². The van der Waals surface area contributed by atoms with E-state index in [0.29, 0.717) is 13.2 Å². The molecule has 16 heavy (non-hydrogen) atoms. The van der Waals surface area contributed by atoms with Gasteiger partial charge in [-0.15, -0.1) is 10.1 Å². The third-order valence-corrected chi connectivity index (χ3v) is 2.21. The standard InChI is InChI=1S/C10H11NO5/c12-11(13)16-7-8-1-3-9(4-2-8)10-14-5-6-15-10/h1-4,10H,5-7H2. The Bertz CT molecular complexity index is 358. The summed E-state index contributed by atoms with van der Waals surface area (Å²) in [5.41, 5.74) is 1.64. The van der Waals surface area contributed by atoms with Gasteiger partial charge in [0.2, 0.25) is 0 Å². The van der Waals surface area contributed by atoms with Gasteiger partial charge in [0.25, 0.3) is 5.09 Å². The van der Waals surface area contributed by atoms with Crippen LogP contribution in [0.4, 0.5) is 0 Å². The van der Waals surface area contributed by atoms with Crippen LogP contribution >= 0.6 is 0 Å². The molecule has 0 aromatic heterocycles. The number of rotatable bonds is 4. The van der Waals surface area contributed by atoms with Crippen molar-refractivity contribution in [2.75, 3.05) is 13.2 Å². The van der Waals surface area contributed by atoms with Crippen molar-refractivity contribution in [2.24, 2.45) is 0 Å². The van der Waals surface area contributed by atoms with E-state index in [1.54, 1.807) is 12.1 Å². The largest absolute Gasteiger partial charge is 0.346 e. The number of hydrogen-bond donors (Lipinski definition) is 0. The Morgan fingerprint density at radius 2 is 1.94 bits per heavy atom. The van der Waals surface area contributed by atoms with E-state index in [1.165, 1.54) is 0 Å². The minimum atomic E-state index is -0.808. The molecular weight excluding hydrogens is 214 g/mol. The van der Waals surface area contributed by atoms with E-state index < -0.39 is 5.09 Å². The molecule has 0 aliphatic carbocycles. The van der Waals surface area contributed by atoms with E-state index in [4.69, 9.17) is 9.47 Å². The van der Waals surface area contributed by atoms with E-state index in [0.717, 1.165) is 11.1 Å². The predicted octanol–water partition coefficient (Wildman–Crippen LogP) is 1.44. The first-order valence-electron chi connectivity index (χ1n) is 4.85. The molecule has 0 radical (unpaired) electrons. The van der Waals surface area contributed by atoms with Gasteiger partial charge in [0.05, 0.1) is 13.2 Å². The summed E-state index contributed by atoms with van der Waals surface area (Å²) in [6.45, 7) is 1.15. The summed E-state index contributed by atoms with van der Waals surface area (Å²) in [5.74, 6) is 0. The summed E-state index contributed by atoms with van der Waals surface area (Å²) >= 11 is 0. The number of hydrogen-bond acceptors (Lipinski definition) is 5. The lowest BCUT2D eigenvalue weighted by Crippen LogP contribution is -2.01. The highest BCUT2D eigenvalue weighted by Crippen LogP contribution is 2.23. The van der Waals surface area contributed by atoms with Crippen molar-refractivity contribution in [3.63, 3.8) is 0 Å². The Hall–Kier alpha value is -1.66. The van der Waals surface area contributed by atoms with Gasteiger partial charge in [-0.1, -0.05) is 24.3 Å². The van der Waals surface area contributed by atoms with Crippen LogP contribution in [0.15, 0.2) is 24.3 Å². The normalized spacial score (nSPS) is 16.2. The number of benzene rings is 1. The van der Waals surface area contributed by atoms with Gasteiger partial charge in [-0.3, -0.25) is 0 Å². The second-order valence-corrected chi connectivity index (χ2v) is 3.31. The summed E-state index contributed by atoms with van der Waals surface area (Å²) in [4.78, 5) is 14.2. The summed E-state index contributed by atoms with van der Waals surface area (Å²) in [7, 11) is 0. The minimum absolute atomic E-state index is 0.0420. The van der Waals surface area contributed by atoms with Crippen molar-refractivity contribution in [3.05, 3.63) is 45.5 Å². The van der Waals surface area contributed by atoms with E-state index in [1.807, 2.05) is 12.1 Å². The van der Waals surface area contributed by atoms with Crippen molar-refractivity contribution in [3.8, 4) is 0 Å². The predicted molar refractivity (Wildman–Crippen MR) is 52.9 cm³/mol. The van der Waals surface area contributed by atoms with Gasteiger partial charge < -0.3 is 14.3 Å². The van der Waals surface area contributed by atoms with Crippen molar-refractivity contribution in [1.82, 2.24) is 0 Å². The highest BCUT2D eigenvalue weighted by atomic mass is 16.9. The molecular formula is C10H11NO5. The Morgan fingerprint density at radius 1 is 1.31 bits per heavy atom. The van der Waals surface area contributed by atoms with Crippen LogP contribution in [0.25, 0.3) is 0 Å². The van der Waals surface area contributed by atoms with Gasteiger partial charge in [-0.25, -0.2) is 0 Å². The highest BCUT2D eigenvalue weighted by Gasteiger charge is 2.17. The molecule has 0 bridgehead atoms. The first-order valence-corrected chi connectivity index (χ1v) is 4.85. The first kappa shape index (κ1) is 10.8. The lowest BCUT2D eigenvalue weighted by atomic mass is 10.1. The summed E-state index contributed by atoms with van der Waals surface area (Å²) in [5, 5.41) is 9.18. The molecule has 1 aliphatic heterocycles. The minimum Gasteiger partial charge on any atom is -0.346 e. The third-order valence-electron chi connectivity index (χ3n) is 2.21. The molecule has 6 nitrogen and oxygen atoms in total. The second-order valence-electron chi connectivity index (χ2n) is 3.31. The maximum atomic E-state index is 9.99. The van der Waals surface area contributed by atoms with Gasteiger partial charge in [0, 0.05) is 5.56 Å². The second kappa shape index (κ2) is 4.91. The first-order chi connectivity index (χ1) is 7.75. The van der Waals surface area contributed by atoms with Crippen LogP contribution < -0.4 is 0 Å². The number of ether oxygens (including phenoxy) is 2. The molecule has 0 spiro atoms. The fourth-order valence-electron chi connectivity index (χ4n) is 1.45. The fraction of sp³-hybridized carbons (Fsp3) is 0.400. The zero-order valence-corrected chi connectivity index (χ0v) is 8.50. The topological polar surface area (TPSA) is 70.8 Å². The molecule has 2 rings (SSSR count). The molecule has 0 unspecified atom stereocenters. The average molecular weight is 225 g/mol. The summed E-state index contributed by atoms with van der Waals surface area (Å²) < 4.78 is 10.6. The van der Waals surface area contributed by atoms with Crippen molar-refractivity contribution >= 4 is 0 Å². The molecule has 6 heteroatoms. The zero-order valence-electron chi connectivity index (χ0n) is 8.50. The lowest BCUT2D eigenvalue weighted by molar-refractivity contribution is -0.763. The molecule has 0 saturated carbocycles. The Kier molecular flexibility index (Phi) is 3.33. The van der Waals surface area contributed by atoms with Gasteiger partial charge >= 0.3 is 0 Å². The Labute approximate surface area is 91.8 Å². The lowest BCUT2D eigenvalue weighted by Gasteiger charge is -2.09. The van der Waals surface area contributed by atoms with Gasteiger partial charge in [-0.05, 0) is 5.56 Å². The maximum Gasteiger partial charge on any atom is 0.294 e. The molecule has 0 N–H and O–H groups in total. The van der Waals surface area contributed by atoms with Crippen molar-refractivity contribution < 1.29 is 19.4 Å². The summed E-state index contributed by atoms with van der Waals surface area (Å²) in [6, 6.07) is 7.14. The molecule has 1 fully saturated rings. The molecule has 86 valence electrons. The quantitative estimate of drug-likeness (QED) is 0.572. The monoisotopic (exact) mass is 225 g/mol. The van der Waals surface area contributed by atoms with Crippen LogP contribution in [0, 0.1) is 10.1 Å². The third kappa shape index (κ3) is 2.68. The van der Waals surface area contributed by atoms with Gasteiger partial charge in [0.1, 0.15) is 6.61 Å². The van der Waals surface area contributed by atoms with Crippen LogP contribution in [0.2, 0.25) is 0 Å². The smallest absolute Gasteiger partial charge is 0.294 e. The van der Waals surface area contributed by atoms with Crippen LogP contribution in [-0.2, 0) is 20.9 Å². The van der Waals surface area contributed by atoms with E-state index in [9.17, 15) is 10.1 Å². The van der Waals surface area contributed by atoms with Crippen LogP contribution in [0.5, 0.6) is 0 Å². The van der Waals surface area contributed by atoms with Crippen molar-refractivity contribution in [2.45, 2.75) is 12.9 Å². The molecule has 1 aromatic carbocycles. The zero-order chi connectivity index (χ0) is 11.4. The Balaban J connectivity index is 1.95. The van der Waals surface area contributed by atoms with Crippen LogP contribution in [0.1, 0.15) is 17.4 Å². The van der Waals surface area contributed by atoms with Crippen molar-refractivity contribution in [1.29, 1.82) is 0 Å². The molecule has 1 aliphatic rings. The Morgan fingerprint density at radius 3 is 2.50 bits per heavy atom. The molecule has 1 saturated heterocycles. The fourth-order valence-corrected chi connectivity index (χ4v) is 1.45. The highest BCUT2D eigenvalue weighted by molar-refractivity contribution is 5.23. The molecule has 0 amide bonds. The van der Waals surface area contributed by atoms with Gasteiger partial charge in [0.15, 0.2) is 6.29 Å². The van der Waals surface area contributed by atoms with E-state index >= 15 is 0 Å². The molecule has 1 heterocycles. The number of nitrogens with zero attached hydrogens (tertiary/aromatic N) is 1.